The molecule has 0 aromatic carbocycles. The fraction of sp³-hybridized carbons (Fsp3) is 0.286. The lowest BCUT2D eigenvalue weighted by Gasteiger charge is -2.10. The molecule has 0 radical (unpaired) electrons. The summed E-state index contributed by atoms with van der Waals surface area (Å²) in [6.07, 6.45) is 5.01. The molecule has 0 saturated heterocycles. The molecule has 21 heavy (non-hydrogen) atoms. The Bertz CT molecular complexity index is 720. The highest BCUT2D eigenvalue weighted by Crippen LogP contribution is 2.44. The molecule has 1 aliphatic rings. The van der Waals surface area contributed by atoms with Gasteiger partial charge in [-0.2, -0.15) is 5.26 Å². The molecule has 2 aromatic rings. The van der Waals surface area contributed by atoms with Gasteiger partial charge in [0.15, 0.2) is 0 Å². The van der Waals surface area contributed by atoms with Gasteiger partial charge in [0.05, 0.1) is 28.4 Å². The Labute approximate surface area is 127 Å². The van der Waals surface area contributed by atoms with E-state index in [4.69, 9.17) is 22.6 Å². The fourth-order valence-electron chi connectivity index (χ4n) is 1.98. The van der Waals surface area contributed by atoms with Crippen molar-refractivity contribution in [3.63, 3.8) is 0 Å². The van der Waals surface area contributed by atoms with E-state index in [1.165, 1.54) is 6.20 Å². The van der Waals surface area contributed by atoms with E-state index < -0.39 is 0 Å². The zero-order chi connectivity index (χ0) is 14.9. The molecular formula is C14H13ClN6. The van der Waals surface area contributed by atoms with E-state index in [0.717, 1.165) is 18.5 Å². The van der Waals surface area contributed by atoms with Gasteiger partial charge in [0.2, 0.25) is 5.95 Å². The number of nitrogen functional groups attached to an aromatic ring is 1. The van der Waals surface area contributed by atoms with Crippen molar-refractivity contribution in [3.8, 4) is 17.5 Å². The Kier molecular flexibility index (Phi) is 3.35. The first kappa shape index (κ1) is 13.6. The van der Waals surface area contributed by atoms with Crippen molar-refractivity contribution in [1.29, 1.82) is 5.26 Å². The first-order valence-electron chi connectivity index (χ1n) is 6.51. The average Bonchev–Trinajstić information content (AvgIpc) is 3.29. The lowest BCUT2D eigenvalue weighted by atomic mass is 10.1. The number of nitrogens with two attached hydrogens (primary N) is 1. The maximum atomic E-state index is 9.08. The van der Waals surface area contributed by atoms with E-state index in [2.05, 4.69) is 26.3 Å². The van der Waals surface area contributed by atoms with Gasteiger partial charge in [0, 0.05) is 18.4 Å². The van der Waals surface area contributed by atoms with E-state index in [0.29, 0.717) is 23.0 Å². The highest BCUT2D eigenvalue weighted by Gasteiger charge is 2.42. The van der Waals surface area contributed by atoms with E-state index >= 15 is 0 Å². The maximum Gasteiger partial charge on any atom is 0.220 e. The summed E-state index contributed by atoms with van der Waals surface area (Å²) in [7, 11) is 0. The van der Waals surface area contributed by atoms with Gasteiger partial charge < -0.3 is 11.1 Å². The summed E-state index contributed by atoms with van der Waals surface area (Å²) >= 11 is 6.08. The largest absolute Gasteiger partial charge is 0.383 e. The standard InChI is InChI=1S/C14H13ClN6/c15-10-6-19-13(17)21-12(10)11-5-9(1-4-18-11)20-8-14(7-16)2-3-14/h1,4-6H,2-3,8H2,(H,18,20)(H2,17,19,21). The summed E-state index contributed by atoms with van der Waals surface area (Å²) in [4.78, 5) is 12.2. The van der Waals surface area contributed by atoms with Crippen LogP contribution < -0.4 is 11.1 Å². The van der Waals surface area contributed by atoms with Crippen LogP contribution in [0.15, 0.2) is 24.5 Å². The van der Waals surface area contributed by atoms with E-state index in [9.17, 15) is 0 Å². The molecule has 7 heteroatoms. The predicted octanol–water partition coefficient (Wildman–Crippen LogP) is 2.49. The summed E-state index contributed by atoms with van der Waals surface area (Å²) in [5.41, 5.74) is 7.35. The number of hydrogen-bond donors (Lipinski definition) is 2. The third-order valence-electron chi connectivity index (χ3n) is 3.49. The minimum absolute atomic E-state index is 0.149. The molecule has 0 unspecified atom stereocenters. The van der Waals surface area contributed by atoms with Gasteiger partial charge in [0.25, 0.3) is 0 Å². The minimum Gasteiger partial charge on any atom is -0.383 e. The minimum atomic E-state index is -0.208. The lowest BCUT2D eigenvalue weighted by molar-refractivity contribution is 0.711. The van der Waals surface area contributed by atoms with Gasteiger partial charge in [-0.15, -0.1) is 0 Å². The predicted molar refractivity (Wildman–Crippen MR) is 80.5 cm³/mol. The Morgan fingerprint density at radius 3 is 2.95 bits per heavy atom. The van der Waals surface area contributed by atoms with Gasteiger partial charge in [-0.25, -0.2) is 9.97 Å². The number of rotatable bonds is 4. The second-order valence-electron chi connectivity index (χ2n) is 5.10. The van der Waals surface area contributed by atoms with Crippen molar-refractivity contribution in [2.45, 2.75) is 12.8 Å². The molecule has 1 aliphatic carbocycles. The zero-order valence-corrected chi connectivity index (χ0v) is 11.9. The first-order chi connectivity index (χ1) is 10.1. The SMILES string of the molecule is N#CC1(CNc2ccnc(-c3nc(N)ncc3Cl)c2)CC1. The van der Waals surface area contributed by atoms with Crippen LogP contribution in [0.5, 0.6) is 0 Å². The van der Waals surface area contributed by atoms with Crippen LogP contribution in [-0.4, -0.2) is 21.5 Å². The average molecular weight is 301 g/mol. The van der Waals surface area contributed by atoms with E-state index in [1.807, 2.05) is 12.1 Å². The van der Waals surface area contributed by atoms with Gasteiger partial charge in [-0.3, -0.25) is 4.98 Å². The molecule has 3 rings (SSSR count). The molecule has 2 aromatic heterocycles. The third kappa shape index (κ3) is 2.88. The third-order valence-corrected chi connectivity index (χ3v) is 3.76. The van der Waals surface area contributed by atoms with Crippen molar-refractivity contribution in [2.75, 3.05) is 17.6 Å². The van der Waals surface area contributed by atoms with Crippen LogP contribution in [0.3, 0.4) is 0 Å². The number of nitrogens with one attached hydrogen (secondary N) is 1. The van der Waals surface area contributed by atoms with Crippen molar-refractivity contribution >= 4 is 23.2 Å². The smallest absolute Gasteiger partial charge is 0.220 e. The van der Waals surface area contributed by atoms with E-state index in [1.54, 1.807) is 6.20 Å². The van der Waals surface area contributed by atoms with Gasteiger partial charge >= 0.3 is 0 Å². The molecule has 3 N–H and O–H groups in total. The molecule has 0 amide bonds. The summed E-state index contributed by atoms with van der Waals surface area (Å²) in [6.45, 7) is 0.632. The number of hydrogen-bond acceptors (Lipinski definition) is 6. The van der Waals surface area contributed by atoms with Crippen molar-refractivity contribution < 1.29 is 0 Å². The molecular weight excluding hydrogens is 288 g/mol. The van der Waals surface area contributed by atoms with Crippen LogP contribution in [0.25, 0.3) is 11.4 Å². The molecule has 0 spiro atoms. The van der Waals surface area contributed by atoms with Crippen molar-refractivity contribution in [3.05, 3.63) is 29.5 Å². The highest BCUT2D eigenvalue weighted by molar-refractivity contribution is 6.32. The molecule has 0 aliphatic heterocycles. The summed E-state index contributed by atoms with van der Waals surface area (Å²) in [5, 5.41) is 12.7. The molecule has 1 saturated carbocycles. The second kappa shape index (κ2) is 5.19. The Balaban J connectivity index is 1.83. The van der Waals surface area contributed by atoms with Gasteiger partial charge in [-0.1, -0.05) is 11.6 Å². The topological polar surface area (TPSA) is 101 Å². The molecule has 0 atom stereocenters. The summed E-state index contributed by atoms with van der Waals surface area (Å²) in [6, 6.07) is 6.03. The fourth-order valence-corrected chi connectivity index (χ4v) is 2.17. The van der Waals surface area contributed by atoms with Crippen LogP contribution in [0, 0.1) is 16.7 Å². The Morgan fingerprint density at radius 1 is 1.43 bits per heavy atom. The second-order valence-corrected chi connectivity index (χ2v) is 5.51. The normalized spacial score (nSPS) is 15.2. The molecule has 2 heterocycles. The summed E-state index contributed by atoms with van der Waals surface area (Å²) < 4.78 is 0. The molecule has 106 valence electrons. The van der Waals surface area contributed by atoms with Crippen LogP contribution in [0.2, 0.25) is 5.02 Å². The number of aromatic nitrogens is 3. The van der Waals surface area contributed by atoms with Crippen LogP contribution in [-0.2, 0) is 0 Å². The maximum absolute atomic E-state index is 9.08. The van der Waals surface area contributed by atoms with Crippen LogP contribution >= 0.6 is 11.6 Å². The van der Waals surface area contributed by atoms with Crippen LogP contribution in [0.1, 0.15) is 12.8 Å². The number of pyridine rings is 1. The lowest BCUT2D eigenvalue weighted by Crippen LogP contribution is -2.13. The quantitative estimate of drug-likeness (QED) is 0.899. The zero-order valence-electron chi connectivity index (χ0n) is 11.2. The highest BCUT2D eigenvalue weighted by atomic mass is 35.5. The Hall–Kier alpha value is -2.39. The molecule has 6 nitrogen and oxygen atoms in total. The monoisotopic (exact) mass is 300 g/mol. The van der Waals surface area contributed by atoms with Crippen molar-refractivity contribution in [2.24, 2.45) is 5.41 Å². The van der Waals surface area contributed by atoms with Gasteiger partial charge in [0.1, 0.15) is 5.69 Å². The number of nitriles is 1. The van der Waals surface area contributed by atoms with Crippen molar-refractivity contribution in [1.82, 2.24) is 15.0 Å². The Morgan fingerprint density at radius 2 is 2.24 bits per heavy atom. The molecule has 0 bridgehead atoms. The first-order valence-corrected chi connectivity index (χ1v) is 6.89. The number of halogens is 1. The number of nitrogens with zero attached hydrogens (tertiary/aromatic N) is 4. The van der Waals surface area contributed by atoms with E-state index in [-0.39, 0.29) is 11.4 Å². The van der Waals surface area contributed by atoms with Gasteiger partial charge in [-0.05, 0) is 25.0 Å². The molecule has 1 fully saturated rings. The summed E-state index contributed by atoms with van der Waals surface area (Å²) in [5.74, 6) is 0.149. The number of anilines is 2. The van der Waals surface area contributed by atoms with Crippen LogP contribution in [0.4, 0.5) is 11.6 Å².